The summed E-state index contributed by atoms with van der Waals surface area (Å²) < 4.78 is 11.0. The number of nitrogens with zero attached hydrogens (tertiary/aromatic N) is 1. The van der Waals surface area contributed by atoms with Crippen molar-refractivity contribution in [2.45, 2.75) is 19.4 Å². The average Bonchev–Trinajstić information content (AvgIpc) is 2.96. The lowest BCUT2D eigenvalue weighted by molar-refractivity contribution is -0.132. The van der Waals surface area contributed by atoms with Gasteiger partial charge in [-0.2, -0.15) is 0 Å². The largest absolute Gasteiger partial charge is 0.486 e. The number of nitrogens with two attached hydrogens (primary N) is 1. The summed E-state index contributed by atoms with van der Waals surface area (Å²) in [6.45, 7) is 3.69. The second-order valence-electron chi connectivity index (χ2n) is 5.80. The molecule has 2 atom stereocenters. The Hall–Kier alpha value is -2.28. The molecule has 0 bridgehead atoms. The Labute approximate surface area is 134 Å². The van der Waals surface area contributed by atoms with Gasteiger partial charge in [0.15, 0.2) is 11.5 Å². The minimum Gasteiger partial charge on any atom is -0.486 e. The first-order valence-electron chi connectivity index (χ1n) is 7.81. The van der Waals surface area contributed by atoms with Crippen LogP contribution in [0.2, 0.25) is 0 Å². The SMILES string of the molecule is C[C@@H](CN)NC(=O)C1CCN(c2ccc3c(c2)OCCO3)C1=O. The van der Waals surface area contributed by atoms with Gasteiger partial charge in [-0.3, -0.25) is 9.59 Å². The number of carbonyl (C=O) groups is 2. The second kappa shape index (κ2) is 6.45. The lowest BCUT2D eigenvalue weighted by atomic mass is 10.1. The molecule has 2 amide bonds. The quantitative estimate of drug-likeness (QED) is 0.777. The van der Waals surface area contributed by atoms with Crippen LogP contribution < -0.4 is 25.4 Å². The Kier molecular flexibility index (Phi) is 4.38. The summed E-state index contributed by atoms with van der Waals surface area (Å²) in [5.74, 6) is 0.206. The standard InChI is InChI=1S/C16H21N3O4/c1-10(9-17)18-15(20)12-4-5-19(16(12)21)11-2-3-13-14(8-11)23-7-6-22-13/h2-3,8,10,12H,4-7,9,17H2,1H3,(H,18,20)/t10-,12?/m0/s1. The molecule has 3 N–H and O–H groups in total. The van der Waals surface area contributed by atoms with Gasteiger partial charge in [-0.15, -0.1) is 0 Å². The minimum atomic E-state index is -0.655. The molecule has 23 heavy (non-hydrogen) atoms. The zero-order valence-electron chi connectivity index (χ0n) is 13.1. The molecule has 7 heteroatoms. The van der Waals surface area contributed by atoms with Crippen molar-refractivity contribution < 1.29 is 19.1 Å². The van der Waals surface area contributed by atoms with Gasteiger partial charge in [0.05, 0.1) is 0 Å². The van der Waals surface area contributed by atoms with Crippen LogP contribution in [0.5, 0.6) is 11.5 Å². The van der Waals surface area contributed by atoms with E-state index >= 15 is 0 Å². The van der Waals surface area contributed by atoms with Gasteiger partial charge >= 0.3 is 0 Å². The Morgan fingerprint density at radius 2 is 2.13 bits per heavy atom. The van der Waals surface area contributed by atoms with E-state index in [2.05, 4.69) is 5.32 Å². The Balaban J connectivity index is 1.73. The van der Waals surface area contributed by atoms with E-state index in [-0.39, 0.29) is 17.9 Å². The van der Waals surface area contributed by atoms with Crippen LogP contribution in [0.1, 0.15) is 13.3 Å². The van der Waals surface area contributed by atoms with Crippen molar-refractivity contribution in [2.24, 2.45) is 11.7 Å². The maximum atomic E-state index is 12.5. The van der Waals surface area contributed by atoms with Gasteiger partial charge in [0, 0.05) is 30.9 Å². The summed E-state index contributed by atoms with van der Waals surface area (Å²) in [5, 5.41) is 2.77. The molecule has 0 saturated carbocycles. The number of amides is 2. The first kappa shape index (κ1) is 15.6. The molecule has 1 unspecified atom stereocenters. The molecule has 2 heterocycles. The van der Waals surface area contributed by atoms with Crippen LogP contribution in [-0.2, 0) is 9.59 Å². The van der Waals surface area contributed by atoms with Crippen molar-refractivity contribution in [3.63, 3.8) is 0 Å². The Bertz CT molecular complexity index is 619. The van der Waals surface area contributed by atoms with E-state index in [0.29, 0.717) is 44.2 Å². The molecule has 0 radical (unpaired) electrons. The molecule has 1 saturated heterocycles. The summed E-state index contributed by atoms with van der Waals surface area (Å²) in [6.07, 6.45) is 0.496. The number of benzene rings is 1. The summed E-state index contributed by atoms with van der Waals surface area (Å²) in [4.78, 5) is 26.3. The first-order valence-corrected chi connectivity index (χ1v) is 7.81. The van der Waals surface area contributed by atoms with Crippen molar-refractivity contribution in [3.8, 4) is 11.5 Å². The number of fused-ring (bicyclic) bond motifs is 1. The van der Waals surface area contributed by atoms with Crippen LogP contribution in [0.15, 0.2) is 18.2 Å². The number of rotatable bonds is 4. The summed E-state index contributed by atoms with van der Waals surface area (Å²) in [7, 11) is 0. The normalized spacial score (nSPS) is 21.2. The lowest BCUT2D eigenvalue weighted by Gasteiger charge is -2.22. The smallest absolute Gasteiger partial charge is 0.239 e. The molecule has 1 aromatic carbocycles. The van der Waals surface area contributed by atoms with Gasteiger partial charge < -0.3 is 25.4 Å². The van der Waals surface area contributed by atoms with Crippen molar-refractivity contribution in [2.75, 3.05) is 31.2 Å². The Morgan fingerprint density at radius 1 is 1.39 bits per heavy atom. The Morgan fingerprint density at radius 3 is 2.87 bits per heavy atom. The molecule has 0 aliphatic carbocycles. The predicted molar refractivity (Wildman–Crippen MR) is 84.6 cm³/mol. The zero-order valence-corrected chi connectivity index (χ0v) is 13.1. The van der Waals surface area contributed by atoms with Crippen LogP contribution >= 0.6 is 0 Å². The zero-order chi connectivity index (χ0) is 16.4. The van der Waals surface area contributed by atoms with Crippen molar-refractivity contribution >= 4 is 17.5 Å². The topological polar surface area (TPSA) is 93.9 Å². The van der Waals surface area contributed by atoms with Crippen molar-refractivity contribution in [1.29, 1.82) is 0 Å². The fourth-order valence-electron chi connectivity index (χ4n) is 2.78. The number of carbonyl (C=O) groups excluding carboxylic acids is 2. The monoisotopic (exact) mass is 319 g/mol. The van der Waals surface area contributed by atoms with E-state index in [0.717, 1.165) is 5.69 Å². The third-order valence-electron chi connectivity index (χ3n) is 4.10. The van der Waals surface area contributed by atoms with Crippen LogP contribution in [0.4, 0.5) is 5.69 Å². The summed E-state index contributed by atoms with van der Waals surface area (Å²) in [5.41, 5.74) is 6.22. The van der Waals surface area contributed by atoms with Crippen molar-refractivity contribution in [1.82, 2.24) is 5.32 Å². The highest BCUT2D eigenvalue weighted by atomic mass is 16.6. The fourth-order valence-corrected chi connectivity index (χ4v) is 2.78. The number of nitrogens with one attached hydrogen (secondary N) is 1. The van der Waals surface area contributed by atoms with Crippen LogP contribution in [0.25, 0.3) is 0 Å². The predicted octanol–water partition coefficient (Wildman–Crippen LogP) is 0.274. The molecular formula is C16H21N3O4. The van der Waals surface area contributed by atoms with Crippen LogP contribution in [0, 0.1) is 5.92 Å². The van der Waals surface area contributed by atoms with Gasteiger partial charge in [0.2, 0.25) is 11.8 Å². The van der Waals surface area contributed by atoms with E-state index in [1.165, 1.54) is 0 Å². The highest BCUT2D eigenvalue weighted by Crippen LogP contribution is 2.35. The number of ether oxygens (including phenoxy) is 2. The van der Waals surface area contributed by atoms with E-state index < -0.39 is 5.92 Å². The van der Waals surface area contributed by atoms with E-state index in [9.17, 15) is 9.59 Å². The maximum absolute atomic E-state index is 12.5. The van der Waals surface area contributed by atoms with Gasteiger partial charge in [0.1, 0.15) is 19.1 Å². The third kappa shape index (κ3) is 3.10. The molecule has 2 aliphatic heterocycles. The molecule has 124 valence electrons. The first-order chi connectivity index (χ1) is 11.1. The van der Waals surface area contributed by atoms with Crippen LogP contribution in [-0.4, -0.2) is 44.2 Å². The van der Waals surface area contributed by atoms with E-state index in [4.69, 9.17) is 15.2 Å². The second-order valence-corrected chi connectivity index (χ2v) is 5.80. The average molecular weight is 319 g/mol. The fraction of sp³-hybridized carbons (Fsp3) is 0.500. The summed E-state index contributed by atoms with van der Waals surface area (Å²) in [6, 6.07) is 5.25. The highest BCUT2D eigenvalue weighted by molar-refractivity contribution is 6.09. The van der Waals surface area contributed by atoms with Crippen molar-refractivity contribution in [3.05, 3.63) is 18.2 Å². The maximum Gasteiger partial charge on any atom is 0.239 e. The molecule has 0 spiro atoms. The number of hydrogen-bond acceptors (Lipinski definition) is 5. The minimum absolute atomic E-state index is 0.140. The lowest BCUT2D eigenvalue weighted by Crippen LogP contribution is -2.43. The molecule has 3 rings (SSSR count). The third-order valence-corrected chi connectivity index (χ3v) is 4.10. The summed E-state index contributed by atoms with van der Waals surface area (Å²) >= 11 is 0. The highest BCUT2D eigenvalue weighted by Gasteiger charge is 2.38. The van der Waals surface area contributed by atoms with Gasteiger partial charge in [-0.05, 0) is 25.5 Å². The van der Waals surface area contributed by atoms with E-state index in [1.54, 1.807) is 17.0 Å². The molecule has 7 nitrogen and oxygen atoms in total. The van der Waals surface area contributed by atoms with E-state index in [1.807, 2.05) is 13.0 Å². The van der Waals surface area contributed by atoms with Gasteiger partial charge in [-0.25, -0.2) is 0 Å². The molecular weight excluding hydrogens is 298 g/mol. The number of hydrogen-bond donors (Lipinski definition) is 2. The van der Waals surface area contributed by atoms with Gasteiger partial charge in [0.25, 0.3) is 0 Å². The van der Waals surface area contributed by atoms with Crippen LogP contribution in [0.3, 0.4) is 0 Å². The molecule has 2 aliphatic rings. The molecule has 1 aromatic rings. The molecule has 0 aromatic heterocycles. The molecule has 1 fully saturated rings. The van der Waals surface area contributed by atoms with Gasteiger partial charge in [-0.1, -0.05) is 0 Å². The number of anilines is 1.